The molecule has 0 saturated carbocycles. The van der Waals surface area contributed by atoms with Gasteiger partial charge in [-0.2, -0.15) is 0 Å². The third-order valence-corrected chi connectivity index (χ3v) is 4.15. The van der Waals surface area contributed by atoms with Gasteiger partial charge in [-0.05, 0) is 61.8 Å². The van der Waals surface area contributed by atoms with Crippen LogP contribution in [0.1, 0.15) is 25.3 Å². The van der Waals surface area contributed by atoms with Gasteiger partial charge in [-0.25, -0.2) is 0 Å². The van der Waals surface area contributed by atoms with Crippen molar-refractivity contribution >= 4 is 23.0 Å². The molecule has 0 atom stereocenters. The van der Waals surface area contributed by atoms with E-state index < -0.39 is 0 Å². The largest absolute Gasteiger partial charge is 0.359 e. The van der Waals surface area contributed by atoms with Crippen LogP contribution in [-0.4, -0.2) is 29.6 Å². The van der Waals surface area contributed by atoms with Gasteiger partial charge in [0.15, 0.2) is 5.11 Å². The Kier molecular flexibility index (Phi) is 6.21. The van der Waals surface area contributed by atoms with Crippen molar-refractivity contribution in [2.75, 3.05) is 25.0 Å². The van der Waals surface area contributed by atoms with Gasteiger partial charge >= 0.3 is 0 Å². The predicted octanol–water partition coefficient (Wildman–Crippen LogP) is 3.39. The topological polar surface area (TPSA) is 27.3 Å². The highest BCUT2D eigenvalue weighted by atomic mass is 32.1. The van der Waals surface area contributed by atoms with Gasteiger partial charge in [-0.3, -0.25) is 4.90 Å². The van der Waals surface area contributed by atoms with Gasteiger partial charge in [0.2, 0.25) is 0 Å². The predicted molar refractivity (Wildman–Crippen MR) is 94.5 cm³/mol. The number of nitrogens with one attached hydrogen (secondary N) is 2. The molecule has 1 heterocycles. The summed E-state index contributed by atoms with van der Waals surface area (Å²) in [7, 11) is 0. The Balaban J connectivity index is 1.81. The Bertz CT molecular complexity index is 461. The summed E-state index contributed by atoms with van der Waals surface area (Å²) < 4.78 is 0. The Morgan fingerprint density at radius 3 is 2.62 bits per heavy atom. The highest BCUT2D eigenvalue weighted by Crippen LogP contribution is 2.18. The molecule has 0 unspecified atom stereocenters. The second-order valence-electron chi connectivity index (χ2n) is 5.78. The number of benzene rings is 1. The quantitative estimate of drug-likeness (QED) is 0.644. The van der Waals surface area contributed by atoms with Gasteiger partial charge < -0.3 is 10.6 Å². The van der Waals surface area contributed by atoms with Crippen LogP contribution in [0.4, 0.5) is 5.69 Å². The fourth-order valence-electron chi connectivity index (χ4n) is 2.51. The van der Waals surface area contributed by atoms with Crippen molar-refractivity contribution in [3.05, 3.63) is 42.5 Å². The molecule has 2 rings (SSSR count). The fraction of sp³-hybridized carbons (Fsp3) is 0.471. The molecule has 1 aliphatic heterocycles. The Labute approximate surface area is 133 Å². The minimum Gasteiger partial charge on any atom is -0.359 e. The molecule has 1 aromatic carbocycles. The standard InChI is InChI=1S/C17H25N3S/c1-3-10-18-17(21)19-16-6-4-15(5-7-16)13-20-11-8-14(2)9-12-20/h3-7,14H,1,8-13H2,2H3,(H2,18,19,21). The fourth-order valence-corrected chi connectivity index (χ4v) is 2.71. The smallest absolute Gasteiger partial charge is 0.171 e. The first kappa shape index (κ1) is 16.0. The van der Waals surface area contributed by atoms with Crippen LogP contribution >= 0.6 is 12.2 Å². The van der Waals surface area contributed by atoms with Crippen LogP contribution in [0, 0.1) is 5.92 Å². The maximum atomic E-state index is 5.20. The lowest BCUT2D eigenvalue weighted by Gasteiger charge is -2.30. The van der Waals surface area contributed by atoms with Crippen LogP contribution < -0.4 is 10.6 Å². The number of hydrogen-bond acceptors (Lipinski definition) is 2. The molecule has 4 heteroatoms. The van der Waals surface area contributed by atoms with Crippen molar-refractivity contribution in [3.63, 3.8) is 0 Å². The summed E-state index contributed by atoms with van der Waals surface area (Å²) in [5.41, 5.74) is 2.38. The van der Waals surface area contributed by atoms with Gasteiger partial charge in [-0.1, -0.05) is 25.1 Å². The van der Waals surface area contributed by atoms with E-state index in [0.29, 0.717) is 11.7 Å². The molecule has 1 aromatic rings. The Morgan fingerprint density at radius 1 is 1.33 bits per heavy atom. The second-order valence-corrected chi connectivity index (χ2v) is 6.19. The molecule has 0 bridgehead atoms. The van der Waals surface area contributed by atoms with E-state index in [1.165, 1.54) is 31.5 Å². The molecule has 114 valence electrons. The zero-order chi connectivity index (χ0) is 15.1. The van der Waals surface area contributed by atoms with Crippen molar-refractivity contribution < 1.29 is 0 Å². The summed E-state index contributed by atoms with van der Waals surface area (Å²) >= 11 is 5.20. The molecule has 0 aliphatic carbocycles. The summed E-state index contributed by atoms with van der Waals surface area (Å²) in [6, 6.07) is 8.53. The lowest BCUT2D eigenvalue weighted by atomic mass is 9.99. The van der Waals surface area contributed by atoms with Crippen molar-refractivity contribution in [2.45, 2.75) is 26.3 Å². The lowest BCUT2D eigenvalue weighted by Crippen LogP contribution is -2.32. The van der Waals surface area contributed by atoms with E-state index in [4.69, 9.17) is 12.2 Å². The molecule has 0 aromatic heterocycles. The third-order valence-electron chi connectivity index (χ3n) is 3.90. The monoisotopic (exact) mass is 303 g/mol. The summed E-state index contributed by atoms with van der Waals surface area (Å²) in [5.74, 6) is 0.886. The molecule has 0 spiro atoms. The Morgan fingerprint density at radius 2 is 2.00 bits per heavy atom. The van der Waals surface area contributed by atoms with Crippen LogP contribution in [-0.2, 0) is 6.54 Å². The normalized spacial score (nSPS) is 16.4. The zero-order valence-corrected chi connectivity index (χ0v) is 13.6. The minimum absolute atomic E-state index is 0.632. The number of rotatable bonds is 5. The average molecular weight is 303 g/mol. The van der Waals surface area contributed by atoms with Crippen molar-refractivity contribution in [2.24, 2.45) is 5.92 Å². The van der Waals surface area contributed by atoms with Crippen LogP contribution in [0.25, 0.3) is 0 Å². The summed E-state index contributed by atoms with van der Waals surface area (Å²) in [4.78, 5) is 2.54. The van der Waals surface area contributed by atoms with E-state index in [9.17, 15) is 0 Å². The van der Waals surface area contributed by atoms with Gasteiger partial charge in [0, 0.05) is 18.8 Å². The minimum atomic E-state index is 0.632. The van der Waals surface area contributed by atoms with Gasteiger partial charge in [0.25, 0.3) is 0 Å². The van der Waals surface area contributed by atoms with Gasteiger partial charge in [0.05, 0.1) is 0 Å². The van der Waals surface area contributed by atoms with Crippen LogP contribution in [0.2, 0.25) is 0 Å². The van der Waals surface area contributed by atoms with E-state index in [1.54, 1.807) is 6.08 Å². The summed E-state index contributed by atoms with van der Waals surface area (Å²) in [6.45, 7) is 10.2. The molecule has 0 amide bonds. The van der Waals surface area contributed by atoms with Gasteiger partial charge in [0.1, 0.15) is 0 Å². The third kappa shape index (κ3) is 5.48. The van der Waals surface area contributed by atoms with Crippen molar-refractivity contribution in [3.8, 4) is 0 Å². The first-order valence-corrected chi connectivity index (χ1v) is 8.05. The molecule has 2 N–H and O–H groups in total. The molecule has 3 nitrogen and oxygen atoms in total. The number of thiocarbonyl (C=S) groups is 1. The maximum absolute atomic E-state index is 5.20. The second kappa shape index (κ2) is 8.15. The van der Waals surface area contributed by atoms with Crippen LogP contribution in [0.5, 0.6) is 0 Å². The average Bonchev–Trinajstić information content (AvgIpc) is 2.49. The first-order valence-electron chi connectivity index (χ1n) is 7.64. The van der Waals surface area contributed by atoms with Crippen molar-refractivity contribution in [1.29, 1.82) is 0 Å². The molecular formula is C17H25N3S. The van der Waals surface area contributed by atoms with E-state index in [1.807, 2.05) is 0 Å². The molecule has 0 radical (unpaired) electrons. The number of nitrogens with zero attached hydrogens (tertiary/aromatic N) is 1. The molecule has 21 heavy (non-hydrogen) atoms. The number of likely N-dealkylation sites (tertiary alicyclic amines) is 1. The molecule has 1 saturated heterocycles. The van der Waals surface area contributed by atoms with E-state index >= 15 is 0 Å². The van der Waals surface area contributed by atoms with Crippen LogP contribution in [0.15, 0.2) is 36.9 Å². The lowest BCUT2D eigenvalue weighted by molar-refractivity contribution is 0.185. The molecular weight excluding hydrogens is 278 g/mol. The maximum Gasteiger partial charge on any atom is 0.171 e. The van der Waals surface area contributed by atoms with E-state index in [2.05, 4.69) is 53.3 Å². The van der Waals surface area contributed by atoms with Gasteiger partial charge in [-0.15, -0.1) is 6.58 Å². The molecule has 1 fully saturated rings. The van der Waals surface area contributed by atoms with Crippen molar-refractivity contribution in [1.82, 2.24) is 10.2 Å². The zero-order valence-electron chi connectivity index (χ0n) is 12.8. The highest BCUT2D eigenvalue weighted by Gasteiger charge is 2.15. The molecule has 1 aliphatic rings. The Hall–Kier alpha value is -1.39. The van der Waals surface area contributed by atoms with E-state index in [-0.39, 0.29) is 0 Å². The van der Waals surface area contributed by atoms with E-state index in [0.717, 1.165) is 18.2 Å². The SMILES string of the molecule is C=CCNC(=S)Nc1ccc(CN2CCC(C)CC2)cc1. The highest BCUT2D eigenvalue weighted by molar-refractivity contribution is 7.80. The van der Waals surface area contributed by atoms with Crippen LogP contribution in [0.3, 0.4) is 0 Å². The summed E-state index contributed by atoms with van der Waals surface area (Å²) in [6.07, 6.45) is 4.43. The number of anilines is 1. The summed E-state index contributed by atoms with van der Waals surface area (Å²) in [5, 5.41) is 6.86. The number of hydrogen-bond donors (Lipinski definition) is 2. The first-order chi connectivity index (χ1) is 10.2. The number of piperidine rings is 1.